The molecule has 1 aliphatic rings. The Bertz CT molecular complexity index is 475. The minimum Gasteiger partial charge on any atom is -0.374 e. The van der Waals surface area contributed by atoms with Crippen LogP contribution in [-0.4, -0.2) is 28.9 Å². The molecule has 1 heterocycles. The highest BCUT2D eigenvalue weighted by Crippen LogP contribution is 2.44. The third-order valence-electron chi connectivity index (χ3n) is 3.33. The lowest BCUT2D eigenvalue weighted by atomic mass is 9.84. The molecule has 104 valence electrons. The predicted octanol–water partition coefficient (Wildman–Crippen LogP) is 3.15. The SMILES string of the molecule is O=CC(O)(CC1CCSc2ccccc21)C(F)(F)F. The summed E-state index contributed by atoms with van der Waals surface area (Å²) >= 11 is 1.58. The number of fused-ring (bicyclic) bond motifs is 1. The molecule has 1 aromatic carbocycles. The van der Waals surface area contributed by atoms with Crippen LogP contribution in [0, 0.1) is 0 Å². The normalized spacial score (nSPS) is 22.4. The van der Waals surface area contributed by atoms with Crippen LogP contribution >= 0.6 is 11.8 Å². The first-order valence-corrected chi connectivity index (χ1v) is 6.83. The number of rotatable bonds is 3. The van der Waals surface area contributed by atoms with Crippen molar-refractivity contribution in [1.29, 1.82) is 0 Å². The number of aldehydes is 1. The molecular weight excluding hydrogens is 277 g/mol. The van der Waals surface area contributed by atoms with E-state index in [1.807, 2.05) is 12.1 Å². The summed E-state index contributed by atoms with van der Waals surface area (Å²) < 4.78 is 38.2. The van der Waals surface area contributed by atoms with Crippen molar-refractivity contribution >= 4 is 18.0 Å². The van der Waals surface area contributed by atoms with Crippen LogP contribution in [0.1, 0.15) is 24.3 Å². The Kier molecular flexibility index (Phi) is 3.92. The molecule has 0 amide bonds. The molecule has 0 fully saturated rings. The largest absolute Gasteiger partial charge is 0.424 e. The van der Waals surface area contributed by atoms with Gasteiger partial charge in [-0.1, -0.05) is 18.2 Å². The number of benzene rings is 1. The van der Waals surface area contributed by atoms with Crippen LogP contribution in [-0.2, 0) is 4.79 Å². The molecule has 2 nitrogen and oxygen atoms in total. The highest BCUT2D eigenvalue weighted by atomic mass is 32.2. The predicted molar refractivity (Wildman–Crippen MR) is 66.2 cm³/mol. The van der Waals surface area contributed by atoms with E-state index >= 15 is 0 Å². The Morgan fingerprint density at radius 2 is 2.05 bits per heavy atom. The second-order valence-corrected chi connectivity index (χ2v) is 5.75. The van der Waals surface area contributed by atoms with Crippen molar-refractivity contribution in [3.63, 3.8) is 0 Å². The van der Waals surface area contributed by atoms with Gasteiger partial charge in [0.2, 0.25) is 5.60 Å². The lowest BCUT2D eigenvalue weighted by molar-refractivity contribution is -0.247. The van der Waals surface area contributed by atoms with Gasteiger partial charge < -0.3 is 5.11 Å². The number of hydrogen-bond acceptors (Lipinski definition) is 3. The fraction of sp³-hybridized carbons (Fsp3) is 0.462. The molecule has 0 radical (unpaired) electrons. The van der Waals surface area contributed by atoms with E-state index in [1.165, 1.54) is 0 Å². The Balaban J connectivity index is 2.28. The maximum atomic E-state index is 12.7. The summed E-state index contributed by atoms with van der Waals surface area (Å²) in [5.74, 6) is 0.239. The van der Waals surface area contributed by atoms with Crippen molar-refractivity contribution in [2.45, 2.75) is 35.4 Å². The number of alkyl halides is 3. The summed E-state index contributed by atoms with van der Waals surface area (Å²) in [6.07, 6.45) is -5.42. The second kappa shape index (κ2) is 5.17. The van der Waals surface area contributed by atoms with E-state index in [0.717, 1.165) is 10.5 Å². The number of carbonyl (C=O) groups is 1. The van der Waals surface area contributed by atoms with Crippen molar-refractivity contribution < 1.29 is 23.1 Å². The number of halogens is 3. The molecule has 0 saturated heterocycles. The van der Waals surface area contributed by atoms with E-state index in [-0.39, 0.29) is 0 Å². The zero-order valence-corrected chi connectivity index (χ0v) is 10.8. The molecular formula is C13H13F3O2S. The van der Waals surface area contributed by atoms with Crippen molar-refractivity contribution in [2.75, 3.05) is 5.75 Å². The Labute approximate surface area is 113 Å². The van der Waals surface area contributed by atoms with Gasteiger partial charge in [-0.3, -0.25) is 4.79 Å². The average Bonchev–Trinajstić information content (AvgIpc) is 2.38. The molecule has 0 aliphatic carbocycles. The zero-order chi connectivity index (χ0) is 14.1. The van der Waals surface area contributed by atoms with Crippen molar-refractivity contribution in [3.8, 4) is 0 Å². The summed E-state index contributed by atoms with van der Waals surface area (Å²) in [5, 5.41) is 9.53. The lowest BCUT2D eigenvalue weighted by Crippen LogP contribution is -2.48. The molecule has 1 aromatic rings. The van der Waals surface area contributed by atoms with Crippen LogP contribution in [0.3, 0.4) is 0 Å². The van der Waals surface area contributed by atoms with Gasteiger partial charge >= 0.3 is 6.18 Å². The van der Waals surface area contributed by atoms with Crippen LogP contribution in [0.5, 0.6) is 0 Å². The van der Waals surface area contributed by atoms with Gasteiger partial charge in [0.15, 0.2) is 6.29 Å². The minimum absolute atomic E-state index is 0.392. The first-order chi connectivity index (χ1) is 8.87. The standard InChI is InChI=1S/C13H13F3O2S/c14-13(15,16)12(18,8-17)7-9-5-6-19-11-4-2-1-3-10(9)11/h1-4,8-9,18H,5-7H2. The van der Waals surface area contributed by atoms with E-state index in [9.17, 15) is 23.1 Å². The van der Waals surface area contributed by atoms with E-state index < -0.39 is 30.4 Å². The smallest absolute Gasteiger partial charge is 0.374 e. The maximum Gasteiger partial charge on any atom is 0.424 e. The Hall–Kier alpha value is -1.01. The van der Waals surface area contributed by atoms with Gasteiger partial charge in [-0.15, -0.1) is 11.8 Å². The number of thioether (sulfide) groups is 1. The van der Waals surface area contributed by atoms with Gasteiger partial charge in [0.25, 0.3) is 0 Å². The van der Waals surface area contributed by atoms with Crippen molar-refractivity contribution in [3.05, 3.63) is 29.8 Å². The van der Waals surface area contributed by atoms with E-state index in [2.05, 4.69) is 0 Å². The third-order valence-corrected chi connectivity index (χ3v) is 4.45. The summed E-state index contributed by atoms with van der Waals surface area (Å²) in [6, 6.07) is 7.18. The molecule has 6 heteroatoms. The second-order valence-electron chi connectivity index (χ2n) is 4.62. The number of aliphatic hydroxyl groups is 1. The third kappa shape index (κ3) is 2.79. The highest BCUT2D eigenvalue weighted by molar-refractivity contribution is 7.99. The quantitative estimate of drug-likeness (QED) is 0.869. The summed E-state index contributed by atoms with van der Waals surface area (Å²) in [6.45, 7) is 0. The molecule has 0 aromatic heterocycles. The number of carbonyl (C=O) groups excluding carboxylic acids is 1. The molecule has 1 N–H and O–H groups in total. The summed E-state index contributed by atoms with van der Waals surface area (Å²) in [4.78, 5) is 11.6. The maximum absolute atomic E-state index is 12.7. The highest BCUT2D eigenvalue weighted by Gasteiger charge is 2.55. The first kappa shape index (κ1) is 14.4. The molecule has 2 atom stereocenters. The van der Waals surface area contributed by atoms with Crippen molar-refractivity contribution in [1.82, 2.24) is 0 Å². The van der Waals surface area contributed by atoms with Gasteiger partial charge in [0.1, 0.15) is 0 Å². The van der Waals surface area contributed by atoms with Gasteiger partial charge in [0, 0.05) is 4.90 Å². The molecule has 1 aliphatic heterocycles. The molecule has 19 heavy (non-hydrogen) atoms. The van der Waals surface area contributed by atoms with Gasteiger partial charge in [-0.25, -0.2) is 0 Å². The fourth-order valence-corrected chi connectivity index (χ4v) is 3.43. The Morgan fingerprint density at radius 1 is 1.37 bits per heavy atom. The molecule has 2 rings (SSSR count). The first-order valence-electron chi connectivity index (χ1n) is 5.84. The van der Waals surface area contributed by atoms with Crippen LogP contribution in [0.25, 0.3) is 0 Å². The van der Waals surface area contributed by atoms with Crippen LogP contribution in [0.15, 0.2) is 29.2 Å². The number of hydrogen-bond donors (Lipinski definition) is 1. The summed E-state index contributed by atoms with van der Waals surface area (Å²) in [7, 11) is 0. The van der Waals surface area contributed by atoms with E-state index in [4.69, 9.17) is 0 Å². The minimum atomic E-state index is -4.94. The topological polar surface area (TPSA) is 37.3 Å². The zero-order valence-electron chi connectivity index (χ0n) is 9.98. The van der Waals surface area contributed by atoms with Gasteiger partial charge in [0.05, 0.1) is 0 Å². The molecule has 0 bridgehead atoms. The molecule has 0 saturated carbocycles. The average molecular weight is 290 g/mol. The molecule has 0 spiro atoms. The monoisotopic (exact) mass is 290 g/mol. The van der Waals surface area contributed by atoms with E-state index in [1.54, 1.807) is 23.9 Å². The van der Waals surface area contributed by atoms with E-state index in [0.29, 0.717) is 12.2 Å². The van der Waals surface area contributed by atoms with Crippen LogP contribution < -0.4 is 0 Å². The van der Waals surface area contributed by atoms with Gasteiger partial charge in [-0.2, -0.15) is 13.2 Å². The fourth-order valence-electron chi connectivity index (χ4n) is 2.23. The summed E-state index contributed by atoms with van der Waals surface area (Å²) in [5.41, 5.74) is -2.48. The lowest BCUT2D eigenvalue weighted by Gasteiger charge is -2.32. The van der Waals surface area contributed by atoms with Crippen LogP contribution in [0.4, 0.5) is 13.2 Å². The van der Waals surface area contributed by atoms with Crippen LogP contribution in [0.2, 0.25) is 0 Å². The van der Waals surface area contributed by atoms with Crippen molar-refractivity contribution in [2.24, 2.45) is 0 Å². The Morgan fingerprint density at radius 3 is 2.68 bits per heavy atom. The van der Waals surface area contributed by atoms with Gasteiger partial charge in [-0.05, 0) is 36.1 Å². The molecule has 2 unspecified atom stereocenters.